The first-order valence-electron chi connectivity index (χ1n) is 5.26. The lowest BCUT2D eigenvalue weighted by Crippen LogP contribution is -2.31. The van der Waals surface area contributed by atoms with Gasteiger partial charge in [0.1, 0.15) is 0 Å². The summed E-state index contributed by atoms with van der Waals surface area (Å²) in [6.07, 6.45) is -0.148. The molecule has 86 valence electrons. The van der Waals surface area contributed by atoms with E-state index in [4.69, 9.17) is 4.74 Å². The summed E-state index contributed by atoms with van der Waals surface area (Å²) in [6.45, 7) is 9.08. The molecule has 0 aromatic heterocycles. The van der Waals surface area contributed by atoms with Crippen LogP contribution in [0.1, 0.15) is 41.0 Å². The maximum atomic E-state index is 13.4. The van der Waals surface area contributed by atoms with E-state index in [0.717, 1.165) is 0 Å². The van der Waals surface area contributed by atoms with Crippen molar-refractivity contribution in [1.29, 1.82) is 0 Å². The molecule has 0 aliphatic carbocycles. The van der Waals surface area contributed by atoms with Crippen LogP contribution in [0.5, 0.6) is 0 Å². The average Bonchev–Trinajstić information content (AvgIpc) is 2.01. The third-order valence-corrected chi connectivity index (χ3v) is 2.55. The highest BCUT2D eigenvalue weighted by atomic mass is 19.3. The van der Waals surface area contributed by atoms with Gasteiger partial charge in [0.2, 0.25) is 0 Å². The van der Waals surface area contributed by atoms with Crippen LogP contribution < -0.4 is 0 Å². The van der Waals surface area contributed by atoms with E-state index in [1.54, 1.807) is 6.92 Å². The highest BCUT2D eigenvalue weighted by Gasteiger charge is 2.37. The number of hydrogen-bond donors (Lipinski definition) is 0. The van der Waals surface area contributed by atoms with Crippen molar-refractivity contribution >= 4 is 0 Å². The zero-order chi connectivity index (χ0) is 11.4. The Labute approximate surface area is 85.8 Å². The molecule has 0 unspecified atom stereocenters. The molecule has 0 spiro atoms. The highest BCUT2D eigenvalue weighted by molar-refractivity contribution is 4.75. The van der Waals surface area contributed by atoms with E-state index in [0.29, 0.717) is 0 Å². The molecule has 0 saturated carbocycles. The first-order chi connectivity index (χ1) is 6.27. The Kier molecular flexibility index (Phi) is 5.57. The SMILES string of the molecule is CC(C)OCCC(F)(F)[C@H](C)C(C)C. The number of alkyl halides is 2. The molecule has 0 rings (SSSR count). The lowest BCUT2D eigenvalue weighted by molar-refractivity contribution is -0.0937. The molecule has 0 amide bonds. The normalized spacial score (nSPS) is 15.2. The van der Waals surface area contributed by atoms with E-state index in [-0.39, 0.29) is 25.0 Å². The summed E-state index contributed by atoms with van der Waals surface area (Å²) in [5, 5.41) is 0. The van der Waals surface area contributed by atoms with Crippen molar-refractivity contribution in [1.82, 2.24) is 0 Å². The van der Waals surface area contributed by atoms with Crippen LogP contribution in [0.2, 0.25) is 0 Å². The lowest BCUT2D eigenvalue weighted by atomic mass is 9.90. The van der Waals surface area contributed by atoms with E-state index in [1.165, 1.54) is 0 Å². The second-order valence-corrected chi connectivity index (χ2v) is 4.46. The summed E-state index contributed by atoms with van der Waals surface area (Å²) in [4.78, 5) is 0. The number of hydrogen-bond acceptors (Lipinski definition) is 1. The van der Waals surface area contributed by atoms with Gasteiger partial charge in [0.25, 0.3) is 5.92 Å². The van der Waals surface area contributed by atoms with E-state index in [9.17, 15) is 8.78 Å². The minimum absolute atomic E-state index is 0.00375. The summed E-state index contributed by atoms with van der Waals surface area (Å²) in [7, 11) is 0. The van der Waals surface area contributed by atoms with Gasteiger partial charge in [-0.15, -0.1) is 0 Å². The number of rotatable bonds is 6. The van der Waals surface area contributed by atoms with Gasteiger partial charge >= 0.3 is 0 Å². The Morgan fingerprint density at radius 2 is 1.57 bits per heavy atom. The topological polar surface area (TPSA) is 9.23 Å². The molecule has 0 saturated heterocycles. The van der Waals surface area contributed by atoms with Crippen LogP contribution in [0.25, 0.3) is 0 Å². The maximum Gasteiger partial charge on any atom is 0.253 e. The summed E-state index contributed by atoms with van der Waals surface area (Å²) in [5.41, 5.74) is 0. The summed E-state index contributed by atoms with van der Waals surface area (Å²) in [6, 6.07) is 0. The minimum Gasteiger partial charge on any atom is -0.379 e. The smallest absolute Gasteiger partial charge is 0.253 e. The van der Waals surface area contributed by atoms with E-state index in [1.807, 2.05) is 27.7 Å². The molecule has 14 heavy (non-hydrogen) atoms. The molecule has 0 aliphatic rings. The molecule has 0 fully saturated rings. The molecular formula is C11H22F2O. The maximum absolute atomic E-state index is 13.4. The van der Waals surface area contributed by atoms with Crippen LogP contribution in [0, 0.1) is 11.8 Å². The molecule has 0 N–H and O–H groups in total. The molecule has 1 nitrogen and oxygen atoms in total. The second kappa shape index (κ2) is 5.64. The van der Waals surface area contributed by atoms with Gasteiger partial charge in [-0.1, -0.05) is 20.8 Å². The predicted octanol–water partition coefficient (Wildman–Crippen LogP) is 3.73. The summed E-state index contributed by atoms with van der Waals surface area (Å²) >= 11 is 0. The van der Waals surface area contributed by atoms with Gasteiger partial charge in [0.05, 0.1) is 12.7 Å². The Morgan fingerprint density at radius 3 is 1.93 bits per heavy atom. The van der Waals surface area contributed by atoms with Crippen molar-refractivity contribution in [3.63, 3.8) is 0 Å². The van der Waals surface area contributed by atoms with Crippen LogP contribution in [0.15, 0.2) is 0 Å². The third kappa shape index (κ3) is 4.89. The molecule has 0 aromatic carbocycles. The molecule has 0 aliphatic heterocycles. The molecule has 1 atom stereocenters. The fraction of sp³-hybridized carbons (Fsp3) is 1.00. The van der Waals surface area contributed by atoms with Gasteiger partial charge in [0.15, 0.2) is 0 Å². The largest absolute Gasteiger partial charge is 0.379 e. The zero-order valence-corrected chi connectivity index (χ0v) is 9.81. The summed E-state index contributed by atoms with van der Waals surface area (Å²) < 4.78 is 32.0. The fourth-order valence-electron chi connectivity index (χ4n) is 1.15. The van der Waals surface area contributed by atoms with E-state index in [2.05, 4.69) is 0 Å². The standard InChI is InChI=1S/C11H22F2O/c1-8(2)10(5)11(12,13)6-7-14-9(3)4/h8-10H,6-7H2,1-5H3/t10-/m1/s1. The molecule has 0 bridgehead atoms. The molecule has 3 heteroatoms. The Balaban J connectivity index is 3.94. The van der Waals surface area contributed by atoms with E-state index >= 15 is 0 Å². The van der Waals surface area contributed by atoms with Crippen molar-refractivity contribution in [2.45, 2.75) is 53.1 Å². The van der Waals surface area contributed by atoms with Gasteiger partial charge in [0, 0.05) is 12.3 Å². The van der Waals surface area contributed by atoms with Crippen LogP contribution in [-0.4, -0.2) is 18.6 Å². The van der Waals surface area contributed by atoms with Gasteiger partial charge in [-0.3, -0.25) is 0 Å². The number of ether oxygens (including phenoxy) is 1. The average molecular weight is 208 g/mol. The van der Waals surface area contributed by atoms with Crippen LogP contribution >= 0.6 is 0 Å². The summed E-state index contributed by atoms with van der Waals surface area (Å²) in [5.74, 6) is -3.19. The van der Waals surface area contributed by atoms with Crippen molar-refractivity contribution < 1.29 is 13.5 Å². The first-order valence-corrected chi connectivity index (χ1v) is 5.26. The van der Waals surface area contributed by atoms with Crippen molar-refractivity contribution in [3.05, 3.63) is 0 Å². The molecule has 0 radical (unpaired) electrons. The fourth-order valence-corrected chi connectivity index (χ4v) is 1.15. The first kappa shape index (κ1) is 13.8. The Bertz CT molecular complexity index is 155. The Hall–Kier alpha value is -0.180. The lowest BCUT2D eigenvalue weighted by Gasteiger charge is -2.26. The molecule has 0 heterocycles. The molecule has 0 aromatic rings. The van der Waals surface area contributed by atoms with Crippen molar-refractivity contribution in [3.8, 4) is 0 Å². The second-order valence-electron chi connectivity index (χ2n) is 4.46. The Morgan fingerprint density at radius 1 is 1.07 bits per heavy atom. The van der Waals surface area contributed by atoms with E-state index < -0.39 is 11.8 Å². The highest BCUT2D eigenvalue weighted by Crippen LogP contribution is 2.33. The predicted molar refractivity (Wildman–Crippen MR) is 54.7 cm³/mol. The zero-order valence-electron chi connectivity index (χ0n) is 9.81. The minimum atomic E-state index is -2.61. The monoisotopic (exact) mass is 208 g/mol. The van der Waals surface area contributed by atoms with Gasteiger partial charge in [-0.05, 0) is 19.8 Å². The van der Waals surface area contributed by atoms with Crippen LogP contribution in [-0.2, 0) is 4.74 Å². The third-order valence-electron chi connectivity index (χ3n) is 2.55. The van der Waals surface area contributed by atoms with Gasteiger partial charge < -0.3 is 4.74 Å². The number of halogens is 2. The van der Waals surface area contributed by atoms with Crippen LogP contribution in [0.3, 0.4) is 0 Å². The van der Waals surface area contributed by atoms with Crippen molar-refractivity contribution in [2.75, 3.05) is 6.61 Å². The van der Waals surface area contributed by atoms with Gasteiger partial charge in [-0.2, -0.15) is 0 Å². The van der Waals surface area contributed by atoms with Crippen LogP contribution in [0.4, 0.5) is 8.78 Å². The van der Waals surface area contributed by atoms with Crippen molar-refractivity contribution in [2.24, 2.45) is 11.8 Å². The quantitative estimate of drug-likeness (QED) is 0.646. The van der Waals surface area contributed by atoms with Gasteiger partial charge in [-0.25, -0.2) is 8.78 Å². The molecular weight excluding hydrogens is 186 g/mol.